The molecule has 0 amide bonds. The monoisotopic (exact) mass is 284 g/mol. The summed E-state index contributed by atoms with van der Waals surface area (Å²) in [7, 11) is 0. The van der Waals surface area contributed by atoms with Crippen LogP contribution < -0.4 is 4.74 Å². The van der Waals surface area contributed by atoms with Crippen LogP contribution >= 0.6 is 0 Å². The van der Waals surface area contributed by atoms with Crippen molar-refractivity contribution >= 4 is 0 Å². The number of aliphatic hydroxyl groups excluding tert-OH is 1. The summed E-state index contributed by atoms with van der Waals surface area (Å²) in [5, 5.41) is 10.9. The number of hydrogen-bond acceptors (Lipinski definition) is 2. The Kier molecular flexibility index (Phi) is 5.40. The Morgan fingerprint density at radius 1 is 0.952 bits per heavy atom. The zero-order valence-corrected chi connectivity index (χ0v) is 13.1. The van der Waals surface area contributed by atoms with E-state index in [1.807, 2.05) is 31.2 Å². The highest BCUT2D eigenvalue weighted by Gasteiger charge is 2.18. The van der Waals surface area contributed by atoms with Crippen molar-refractivity contribution in [1.82, 2.24) is 0 Å². The quantitative estimate of drug-likeness (QED) is 0.857. The predicted molar refractivity (Wildman–Crippen MR) is 86.9 cm³/mol. The van der Waals surface area contributed by atoms with Gasteiger partial charge < -0.3 is 9.84 Å². The van der Waals surface area contributed by atoms with Crippen molar-refractivity contribution < 1.29 is 9.84 Å². The first kappa shape index (κ1) is 15.6. The first-order chi connectivity index (χ1) is 10.2. The highest BCUT2D eigenvalue weighted by molar-refractivity contribution is 5.44. The zero-order chi connectivity index (χ0) is 15.2. The van der Waals surface area contributed by atoms with Gasteiger partial charge in [-0.15, -0.1) is 0 Å². The van der Waals surface area contributed by atoms with E-state index >= 15 is 0 Å². The second-order valence-corrected chi connectivity index (χ2v) is 5.11. The lowest BCUT2D eigenvalue weighted by Gasteiger charge is -2.19. The van der Waals surface area contributed by atoms with Gasteiger partial charge in [0.25, 0.3) is 0 Å². The van der Waals surface area contributed by atoms with E-state index in [-0.39, 0.29) is 0 Å². The Morgan fingerprint density at radius 3 is 2.38 bits per heavy atom. The summed E-state index contributed by atoms with van der Waals surface area (Å²) < 4.78 is 5.65. The summed E-state index contributed by atoms with van der Waals surface area (Å²) in [5.41, 5.74) is 4.26. The van der Waals surface area contributed by atoms with Crippen molar-refractivity contribution in [2.24, 2.45) is 0 Å². The van der Waals surface area contributed by atoms with Crippen molar-refractivity contribution in [3.63, 3.8) is 0 Å². The zero-order valence-electron chi connectivity index (χ0n) is 13.1. The van der Waals surface area contributed by atoms with Crippen LogP contribution in [0.3, 0.4) is 0 Å². The van der Waals surface area contributed by atoms with Gasteiger partial charge in [0, 0.05) is 5.56 Å². The number of benzene rings is 2. The maximum atomic E-state index is 10.9. The largest absolute Gasteiger partial charge is 0.493 e. The van der Waals surface area contributed by atoms with Crippen molar-refractivity contribution in [3.8, 4) is 5.75 Å². The Hall–Kier alpha value is -1.80. The molecule has 0 aliphatic rings. The SMILES string of the molecule is CCOc1ccccc1C(O)c1cc(CC)ccc1CC. The third-order valence-electron chi connectivity index (χ3n) is 3.81. The minimum absolute atomic E-state index is 0.597. The Morgan fingerprint density at radius 2 is 1.71 bits per heavy atom. The molecular weight excluding hydrogens is 260 g/mol. The van der Waals surface area contributed by atoms with E-state index in [4.69, 9.17) is 4.74 Å². The van der Waals surface area contributed by atoms with E-state index in [1.54, 1.807) is 0 Å². The molecule has 112 valence electrons. The van der Waals surface area contributed by atoms with Crippen LogP contribution in [0, 0.1) is 0 Å². The van der Waals surface area contributed by atoms with Gasteiger partial charge in [-0.05, 0) is 42.5 Å². The van der Waals surface area contributed by atoms with Gasteiger partial charge in [-0.3, -0.25) is 0 Å². The molecule has 0 saturated carbocycles. The third kappa shape index (κ3) is 3.45. The minimum atomic E-state index is -0.644. The molecule has 0 aliphatic heterocycles. The molecule has 0 heterocycles. The first-order valence-corrected chi connectivity index (χ1v) is 7.72. The molecule has 0 spiro atoms. The van der Waals surface area contributed by atoms with Crippen LogP contribution in [0.2, 0.25) is 0 Å². The average Bonchev–Trinajstić information content (AvgIpc) is 2.54. The average molecular weight is 284 g/mol. The van der Waals surface area contributed by atoms with Crippen molar-refractivity contribution in [1.29, 1.82) is 0 Å². The molecule has 0 bridgehead atoms. The normalized spacial score (nSPS) is 12.2. The van der Waals surface area contributed by atoms with E-state index in [1.165, 1.54) is 11.1 Å². The molecular formula is C19H24O2. The van der Waals surface area contributed by atoms with Crippen LogP contribution in [0.5, 0.6) is 5.75 Å². The van der Waals surface area contributed by atoms with Crippen molar-refractivity contribution in [3.05, 3.63) is 64.7 Å². The summed E-state index contributed by atoms with van der Waals surface area (Å²) in [6, 6.07) is 14.1. The number of aliphatic hydroxyl groups is 1. The highest BCUT2D eigenvalue weighted by atomic mass is 16.5. The summed E-state index contributed by atoms with van der Waals surface area (Å²) in [6.45, 7) is 6.80. The van der Waals surface area contributed by atoms with Gasteiger partial charge in [0.2, 0.25) is 0 Å². The van der Waals surface area contributed by atoms with E-state index in [2.05, 4.69) is 32.0 Å². The summed E-state index contributed by atoms with van der Waals surface area (Å²) in [5.74, 6) is 0.761. The molecule has 2 heteroatoms. The molecule has 1 N–H and O–H groups in total. The fraction of sp³-hybridized carbons (Fsp3) is 0.368. The lowest BCUT2D eigenvalue weighted by molar-refractivity contribution is 0.211. The van der Waals surface area contributed by atoms with E-state index < -0.39 is 6.10 Å². The number of hydrogen-bond donors (Lipinski definition) is 1. The van der Waals surface area contributed by atoms with Crippen LogP contribution in [0.15, 0.2) is 42.5 Å². The fourth-order valence-corrected chi connectivity index (χ4v) is 2.60. The number of rotatable bonds is 6. The number of aryl methyl sites for hydroxylation is 2. The van der Waals surface area contributed by atoms with E-state index in [0.29, 0.717) is 6.61 Å². The smallest absolute Gasteiger partial charge is 0.125 e. The van der Waals surface area contributed by atoms with Gasteiger partial charge in [0.05, 0.1) is 6.61 Å². The molecule has 2 aromatic carbocycles. The Balaban J connectivity index is 2.46. The lowest BCUT2D eigenvalue weighted by Crippen LogP contribution is -2.07. The number of ether oxygens (including phenoxy) is 1. The van der Waals surface area contributed by atoms with Gasteiger partial charge in [-0.2, -0.15) is 0 Å². The molecule has 1 atom stereocenters. The molecule has 0 aliphatic carbocycles. The number of para-hydroxylation sites is 1. The fourth-order valence-electron chi connectivity index (χ4n) is 2.60. The summed E-state index contributed by atoms with van der Waals surface area (Å²) >= 11 is 0. The molecule has 0 radical (unpaired) electrons. The summed E-state index contributed by atoms with van der Waals surface area (Å²) in [6.07, 6.45) is 1.23. The van der Waals surface area contributed by atoms with Gasteiger partial charge >= 0.3 is 0 Å². The van der Waals surface area contributed by atoms with Crippen LogP contribution in [0.4, 0.5) is 0 Å². The Bertz CT molecular complexity index is 590. The van der Waals surface area contributed by atoms with Crippen molar-refractivity contribution in [2.75, 3.05) is 6.61 Å². The van der Waals surface area contributed by atoms with Gasteiger partial charge in [0.15, 0.2) is 0 Å². The molecule has 0 fully saturated rings. The summed E-state index contributed by atoms with van der Waals surface area (Å²) in [4.78, 5) is 0. The second-order valence-electron chi connectivity index (χ2n) is 5.11. The molecule has 0 saturated heterocycles. The first-order valence-electron chi connectivity index (χ1n) is 7.72. The molecule has 1 unspecified atom stereocenters. The lowest BCUT2D eigenvalue weighted by atomic mass is 9.93. The standard InChI is InChI=1S/C19H24O2/c1-4-14-11-12-15(5-2)17(13-14)19(20)16-9-7-8-10-18(16)21-6-3/h7-13,19-20H,4-6H2,1-3H3. The maximum absolute atomic E-state index is 10.9. The molecule has 2 aromatic rings. The van der Waals surface area contributed by atoms with Gasteiger partial charge in [-0.1, -0.05) is 50.2 Å². The predicted octanol–water partition coefficient (Wildman–Crippen LogP) is 4.29. The van der Waals surface area contributed by atoms with E-state index in [9.17, 15) is 5.11 Å². The molecule has 21 heavy (non-hydrogen) atoms. The minimum Gasteiger partial charge on any atom is -0.493 e. The second kappa shape index (κ2) is 7.28. The van der Waals surface area contributed by atoms with Crippen LogP contribution in [-0.4, -0.2) is 11.7 Å². The van der Waals surface area contributed by atoms with Gasteiger partial charge in [0.1, 0.15) is 11.9 Å². The van der Waals surface area contributed by atoms with Crippen LogP contribution in [0.1, 0.15) is 49.1 Å². The van der Waals surface area contributed by atoms with Crippen molar-refractivity contribution in [2.45, 2.75) is 39.7 Å². The van der Waals surface area contributed by atoms with Crippen LogP contribution in [-0.2, 0) is 12.8 Å². The highest BCUT2D eigenvalue weighted by Crippen LogP contribution is 2.32. The van der Waals surface area contributed by atoms with Gasteiger partial charge in [-0.25, -0.2) is 0 Å². The Labute approximate surface area is 127 Å². The van der Waals surface area contributed by atoms with Crippen LogP contribution in [0.25, 0.3) is 0 Å². The molecule has 0 aromatic heterocycles. The molecule has 2 nitrogen and oxygen atoms in total. The third-order valence-corrected chi connectivity index (χ3v) is 3.81. The topological polar surface area (TPSA) is 29.5 Å². The van der Waals surface area contributed by atoms with E-state index in [0.717, 1.165) is 29.7 Å². The molecule has 2 rings (SSSR count). The maximum Gasteiger partial charge on any atom is 0.125 e.